The van der Waals surface area contributed by atoms with E-state index in [2.05, 4.69) is 0 Å². The summed E-state index contributed by atoms with van der Waals surface area (Å²) >= 11 is 0. The summed E-state index contributed by atoms with van der Waals surface area (Å²) < 4.78 is 16.5. The minimum Gasteiger partial charge on any atom is -0.379 e. The Hall–Kier alpha value is 0.0969. The van der Waals surface area contributed by atoms with Gasteiger partial charge in [0.1, 0.15) is 0 Å². The molecule has 0 aliphatic carbocycles. The van der Waals surface area contributed by atoms with Gasteiger partial charge in [-0.25, -0.2) is 0 Å². The third-order valence-electron chi connectivity index (χ3n) is 1.09. The van der Waals surface area contributed by atoms with Gasteiger partial charge in [0.2, 0.25) is 0 Å². The summed E-state index contributed by atoms with van der Waals surface area (Å²) in [5.74, 6) is 0. The molecule has 0 spiro atoms. The van der Waals surface area contributed by atoms with Crippen LogP contribution in [0.15, 0.2) is 0 Å². The molecule has 0 rings (SSSR count). The normalized spacial score (nSPS) is 13.8. The molecule has 0 N–H and O–H groups in total. The molecule has 0 atom stereocenters. The highest BCUT2D eigenvalue weighted by molar-refractivity contribution is 6.36. The van der Waals surface area contributed by atoms with Crippen LogP contribution < -0.4 is 0 Å². The predicted molar refractivity (Wildman–Crippen MR) is 55.8 cm³/mol. The fourth-order valence-electron chi connectivity index (χ4n) is 0.698. The van der Waals surface area contributed by atoms with Gasteiger partial charge in [-0.2, -0.15) is 0 Å². The summed E-state index contributed by atoms with van der Waals surface area (Å²) in [5, 5.41) is 0. The Bertz CT molecular complexity index is 130. The second kappa shape index (κ2) is 4.55. The van der Waals surface area contributed by atoms with Crippen LogP contribution in [-0.4, -0.2) is 27.8 Å². The summed E-state index contributed by atoms with van der Waals surface area (Å²) in [4.78, 5) is 0. The van der Waals surface area contributed by atoms with Crippen molar-refractivity contribution in [1.82, 2.24) is 0 Å². The summed E-state index contributed by atoms with van der Waals surface area (Å²) in [6.07, 6.45) is 0. The zero-order valence-corrected chi connectivity index (χ0v) is 11.0. The number of rotatable bonds is 3. The van der Waals surface area contributed by atoms with Gasteiger partial charge >= 0.3 is 9.53 Å². The Morgan fingerprint density at radius 2 is 1.08 bits per heavy atom. The van der Waals surface area contributed by atoms with Gasteiger partial charge in [0.15, 0.2) is 0 Å². The van der Waals surface area contributed by atoms with Crippen molar-refractivity contribution in [3.05, 3.63) is 0 Å². The van der Waals surface area contributed by atoms with E-state index in [4.69, 9.17) is 13.3 Å². The van der Waals surface area contributed by atoms with E-state index in [1.165, 1.54) is 0 Å². The highest BCUT2D eigenvalue weighted by Gasteiger charge is 2.27. The molecular formula is C9H22O3Si. The van der Waals surface area contributed by atoms with E-state index in [0.29, 0.717) is 0 Å². The van der Waals surface area contributed by atoms with Crippen LogP contribution in [0.5, 0.6) is 0 Å². The van der Waals surface area contributed by atoms with E-state index in [0.717, 1.165) is 0 Å². The summed E-state index contributed by atoms with van der Waals surface area (Å²) in [7, 11) is -0.330. The maximum atomic E-state index is 5.66. The van der Waals surface area contributed by atoms with Crippen LogP contribution in [0.1, 0.15) is 41.5 Å². The molecule has 80 valence electrons. The van der Waals surface area contributed by atoms with Gasteiger partial charge < -0.3 is 13.3 Å². The largest absolute Gasteiger partial charge is 0.484 e. The molecule has 0 aromatic rings. The molecule has 0 unspecified atom stereocenters. The lowest BCUT2D eigenvalue weighted by Gasteiger charge is -2.30. The first-order valence-corrected chi connectivity index (χ1v) is 5.94. The van der Waals surface area contributed by atoms with Gasteiger partial charge in [0, 0.05) is 7.11 Å². The lowest BCUT2D eigenvalue weighted by atomic mass is 10.2. The van der Waals surface area contributed by atoms with E-state index >= 15 is 0 Å². The first-order chi connectivity index (χ1) is 5.64. The Labute approximate surface area is 83.3 Å². The van der Waals surface area contributed by atoms with E-state index in [-0.39, 0.29) is 11.2 Å². The molecule has 0 aliphatic rings. The molecular weight excluding hydrogens is 184 g/mol. The lowest BCUT2D eigenvalue weighted by molar-refractivity contribution is -0.0109. The van der Waals surface area contributed by atoms with Crippen LogP contribution in [0.25, 0.3) is 0 Å². The molecule has 0 aromatic heterocycles. The summed E-state index contributed by atoms with van der Waals surface area (Å²) in [6.45, 7) is 12.0. The molecule has 0 amide bonds. The molecule has 0 fully saturated rings. The Balaban J connectivity index is 4.05. The smallest absolute Gasteiger partial charge is 0.379 e. The first-order valence-electron chi connectivity index (χ1n) is 4.52. The van der Waals surface area contributed by atoms with Crippen molar-refractivity contribution in [1.29, 1.82) is 0 Å². The molecule has 0 radical (unpaired) electrons. The topological polar surface area (TPSA) is 27.7 Å². The number of hydrogen-bond acceptors (Lipinski definition) is 3. The monoisotopic (exact) mass is 206 g/mol. The Morgan fingerprint density at radius 1 is 0.769 bits per heavy atom. The first kappa shape index (κ1) is 13.1. The van der Waals surface area contributed by atoms with Crippen LogP contribution in [0.3, 0.4) is 0 Å². The summed E-state index contributed by atoms with van der Waals surface area (Å²) in [5.41, 5.74) is -0.393. The Morgan fingerprint density at radius 3 is 1.23 bits per heavy atom. The maximum Gasteiger partial charge on any atom is 0.484 e. The fraction of sp³-hybridized carbons (Fsp3) is 1.00. The van der Waals surface area contributed by atoms with Gasteiger partial charge in [-0.05, 0) is 41.5 Å². The van der Waals surface area contributed by atoms with E-state index in [1.807, 2.05) is 41.5 Å². The molecule has 0 saturated heterocycles. The second-order valence-corrected chi connectivity index (χ2v) is 6.50. The van der Waals surface area contributed by atoms with Crippen LogP contribution in [0.4, 0.5) is 0 Å². The van der Waals surface area contributed by atoms with Crippen molar-refractivity contribution in [2.45, 2.75) is 52.7 Å². The fourth-order valence-corrected chi connectivity index (χ4v) is 2.09. The van der Waals surface area contributed by atoms with Crippen molar-refractivity contribution in [2.75, 3.05) is 7.11 Å². The molecule has 0 aliphatic heterocycles. The Kier molecular flexibility index (Phi) is 4.58. The minimum absolute atomic E-state index is 0.196. The van der Waals surface area contributed by atoms with Crippen LogP contribution in [-0.2, 0) is 13.3 Å². The average molecular weight is 206 g/mol. The van der Waals surface area contributed by atoms with Crippen molar-refractivity contribution < 1.29 is 13.3 Å². The van der Waals surface area contributed by atoms with Crippen molar-refractivity contribution >= 4 is 9.53 Å². The zero-order valence-electron chi connectivity index (χ0n) is 9.80. The van der Waals surface area contributed by atoms with Gasteiger partial charge in [-0.15, -0.1) is 0 Å². The molecule has 0 saturated carbocycles. The molecule has 13 heavy (non-hydrogen) atoms. The van der Waals surface area contributed by atoms with Crippen LogP contribution in [0, 0.1) is 0 Å². The van der Waals surface area contributed by atoms with Gasteiger partial charge in [-0.3, -0.25) is 0 Å². The highest BCUT2D eigenvalue weighted by atomic mass is 28.3. The molecule has 0 bridgehead atoms. The molecule has 0 heterocycles. The summed E-state index contributed by atoms with van der Waals surface area (Å²) in [6, 6.07) is 0. The van der Waals surface area contributed by atoms with Crippen molar-refractivity contribution in [2.24, 2.45) is 0 Å². The maximum absolute atomic E-state index is 5.66. The molecule has 4 heteroatoms. The lowest BCUT2D eigenvalue weighted by Crippen LogP contribution is -2.40. The highest BCUT2D eigenvalue weighted by Crippen LogP contribution is 2.15. The van der Waals surface area contributed by atoms with E-state index in [1.54, 1.807) is 7.11 Å². The quantitative estimate of drug-likeness (QED) is 0.661. The minimum atomic E-state index is -1.96. The average Bonchev–Trinajstić information content (AvgIpc) is 1.79. The van der Waals surface area contributed by atoms with E-state index < -0.39 is 9.53 Å². The molecule has 3 nitrogen and oxygen atoms in total. The third-order valence-corrected chi connectivity index (χ3v) is 3.28. The number of hydrogen-bond donors (Lipinski definition) is 0. The third kappa shape index (κ3) is 8.43. The van der Waals surface area contributed by atoms with Crippen molar-refractivity contribution in [3.8, 4) is 0 Å². The van der Waals surface area contributed by atoms with Crippen molar-refractivity contribution in [3.63, 3.8) is 0 Å². The van der Waals surface area contributed by atoms with Crippen LogP contribution >= 0.6 is 0 Å². The van der Waals surface area contributed by atoms with Gasteiger partial charge in [0.05, 0.1) is 11.2 Å². The predicted octanol–water partition coefficient (Wildman–Crippen LogP) is 1.98. The molecule has 0 aromatic carbocycles. The second-order valence-electron chi connectivity index (χ2n) is 4.98. The zero-order chi connectivity index (χ0) is 10.7. The van der Waals surface area contributed by atoms with Gasteiger partial charge in [-0.1, -0.05) is 0 Å². The SMILES string of the molecule is CO[SiH](OC(C)(C)C)OC(C)(C)C. The van der Waals surface area contributed by atoms with Gasteiger partial charge in [0.25, 0.3) is 0 Å². The van der Waals surface area contributed by atoms with E-state index in [9.17, 15) is 0 Å². The van der Waals surface area contributed by atoms with Crippen LogP contribution in [0.2, 0.25) is 0 Å². The standard InChI is InChI=1S/C9H22O3Si/c1-8(2,3)11-13(10-7)12-9(4,5)6/h13H,1-7H3.